The molecule has 0 amide bonds. The Bertz CT molecular complexity index is 873. The molecule has 152 valence electrons. The zero-order chi connectivity index (χ0) is 19.6. The van der Waals surface area contributed by atoms with Gasteiger partial charge in [-0.15, -0.1) is 0 Å². The average molecular weight is 386 g/mol. The highest BCUT2D eigenvalue weighted by molar-refractivity contribution is 5.83. The molecule has 4 rings (SSSR count). The number of para-hydroxylation sites is 2. The molecule has 7 nitrogen and oxygen atoms in total. The fourth-order valence-electron chi connectivity index (χ4n) is 4.85. The smallest absolute Gasteiger partial charge is 0.332 e. The number of esters is 1. The third-order valence-electron chi connectivity index (χ3n) is 6.30. The third-order valence-corrected chi connectivity index (χ3v) is 6.30. The van der Waals surface area contributed by atoms with Gasteiger partial charge in [-0.1, -0.05) is 12.1 Å². The van der Waals surface area contributed by atoms with Crippen molar-refractivity contribution in [1.29, 1.82) is 0 Å². The Balaban J connectivity index is 1.61. The number of ether oxygens (including phenoxy) is 1. The minimum atomic E-state index is -0.932. The van der Waals surface area contributed by atoms with Crippen molar-refractivity contribution in [2.24, 2.45) is 0 Å². The summed E-state index contributed by atoms with van der Waals surface area (Å²) in [7, 11) is 0. The van der Waals surface area contributed by atoms with Crippen LogP contribution in [0.3, 0.4) is 0 Å². The van der Waals surface area contributed by atoms with E-state index in [1.54, 1.807) is 4.57 Å². The van der Waals surface area contributed by atoms with Crippen molar-refractivity contribution in [3.05, 3.63) is 34.7 Å². The number of hydrogen-bond donors (Lipinski definition) is 3. The lowest BCUT2D eigenvalue weighted by atomic mass is 9.78. The molecule has 0 atom stereocenters. The summed E-state index contributed by atoms with van der Waals surface area (Å²) in [6, 6.07) is 8.47. The van der Waals surface area contributed by atoms with Gasteiger partial charge >= 0.3 is 11.7 Å². The molecule has 2 aliphatic rings. The number of hydrogen-bond acceptors (Lipinski definition) is 5. The van der Waals surface area contributed by atoms with Gasteiger partial charge in [0.25, 0.3) is 0 Å². The van der Waals surface area contributed by atoms with Crippen molar-refractivity contribution in [3.8, 4) is 0 Å². The molecule has 1 aliphatic heterocycles. The minimum absolute atomic E-state index is 0.237. The maximum Gasteiger partial charge on any atom is 0.332 e. The number of aromatic nitrogens is 2. The summed E-state index contributed by atoms with van der Waals surface area (Å²) in [4.78, 5) is 28.8. The van der Waals surface area contributed by atoms with E-state index in [9.17, 15) is 9.59 Å². The van der Waals surface area contributed by atoms with Crippen LogP contribution in [0.1, 0.15) is 45.4 Å². The zero-order valence-electron chi connectivity index (χ0n) is 16.5. The molecular formula is C21H30N4O3. The van der Waals surface area contributed by atoms with Crippen molar-refractivity contribution >= 4 is 17.0 Å². The SMILES string of the molecule is CCOC(=O)C1(n2c(=O)[nH]c3ccccc32)CCC(NC2CCNCC2)CC1. The van der Waals surface area contributed by atoms with Crippen LogP contribution in [-0.2, 0) is 15.1 Å². The van der Waals surface area contributed by atoms with E-state index in [1.165, 1.54) is 0 Å². The summed E-state index contributed by atoms with van der Waals surface area (Å²) >= 11 is 0. The highest BCUT2D eigenvalue weighted by Gasteiger charge is 2.46. The van der Waals surface area contributed by atoms with Crippen LogP contribution in [0.2, 0.25) is 0 Å². The molecule has 0 radical (unpaired) electrons. The van der Waals surface area contributed by atoms with Crippen molar-refractivity contribution in [3.63, 3.8) is 0 Å². The van der Waals surface area contributed by atoms with Crippen LogP contribution >= 0.6 is 0 Å². The molecule has 0 spiro atoms. The first kappa shape index (κ1) is 19.2. The van der Waals surface area contributed by atoms with E-state index in [4.69, 9.17) is 4.74 Å². The number of nitrogens with one attached hydrogen (secondary N) is 3. The summed E-state index contributed by atoms with van der Waals surface area (Å²) in [5.41, 5.74) is 0.356. The number of piperidine rings is 1. The minimum Gasteiger partial charge on any atom is -0.464 e. The van der Waals surface area contributed by atoms with Crippen molar-refractivity contribution < 1.29 is 9.53 Å². The number of nitrogens with zero attached hydrogens (tertiary/aromatic N) is 1. The third kappa shape index (κ3) is 3.49. The molecule has 7 heteroatoms. The van der Waals surface area contributed by atoms with Gasteiger partial charge in [-0.05, 0) is 70.7 Å². The van der Waals surface area contributed by atoms with Crippen LogP contribution in [0.5, 0.6) is 0 Å². The van der Waals surface area contributed by atoms with Gasteiger partial charge in [0.05, 0.1) is 17.6 Å². The van der Waals surface area contributed by atoms with Gasteiger partial charge in [0.1, 0.15) is 5.54 Å². The molecule has 0 bridgehead atoms. The van der Waals surface area contributed by atoms with Gasteiger partial charge < -0.3 is 20.4 Å². The highest BCUT2D eigenvalue weighted by atomic mass is 16.5. The molecule has 1 saturated heterocycles. The fourth-order valence-corrected chi connectivity index (χ4v) is 4.85. The normalized spacial score (nSPS) is 26.4. The van der Waals surface area contributed by atoms with Crippen LogP contribution in [0.15, 0.2) is 29.1 Å². The summed E-state index contributed by atoms with van der Waals surface area (Å²) in [6.45, 7) is 4.24. The first-order valence-electron chi connectivity index (χ1n) is 10.5. The first-order chi connectivity index (χ1) is 13.6. The number of imidazole rings is 1. The van der Waals surface area contributed by atoms with Gasteiger partial charge in [-0.25, -0.2) is 9.59 Å². The lowest BCUT2D eigenvalue weighted by Gasteiger charge is -2.40. The number of rotatable bonds is 5. The second-order valence-corrected chi connectivity index (χ2v) is 8.00. The quantitative estimate of drug-likeness (QED) is 0.683. The van der Waals surface area contributed by atoms with Crippen molar-refractivity contribution in [2.75, 3.05) is 19.7 Å². The first-order valence-corrected chi connectivity index (χ1v) is 10.5. The lowest BCUT2D eigenvalue weighted by Crippen LogP contribution is -2.53. The van der Waals surface area contributed by atoms with Gasteiger partial charge in [0, 0.05) is 12.1 Å². The van der Waals surface area contributed by atoms with Gasteiger partial charge in [0.2, 0.25) is 0 Å². The predicted octanol–water partition coefficient (Wildman–Crippen LogP) is 1.87. The Labute approximate surface area is 164 Å². The Hall–Kier alpha value is -2.12. The summed E-state index contributed by atoms with van der Waals surface area (Å²) < 4.78 is 7.11. The molecule has 3 N–H and O–H groups in total. The van der Waals surface area contributed by atoms with Crippen LogP contribution in [0, 0.1) is 0 Å². The summed E-state index contributed by atoms with van der Waals surface area (Å²) in [5.74, 6) is -0.290. The molecule has 28 heavy (non-hydrogen) atoms. The molecule has 0 unspecified atom stereocenters. The van der Waals surface area contributed by atoms with Gasteiger partial charge in [0.15, 0.2) is 0 Å². The average Bonchev–Trinajstić information content (AvgIpc) is 3.06. The van der Waals surface area contributed by atoms with Crippen molar-refractivity contribution in [2.45, 2.75) is 63.1 Å². The summed E-state index contributed by atoms with van der Waals surface area (Å²) in [6.07, 6.45) is 5.21. The molecule has 2 heterocycles. The van der Waals surface area contributed by atoms with Crippen molar-refractivity contribution in [1.82, 2.24) is 20.2 Å². The van der Waals surface area contributed by atoms with Gasteiger partial charge in [-0.2, -0.15) is 0 Å². The molecule has 1 aliphatic carbocycles. The maximum absolute atomic E-state index is 13.1. The molecule has 2 fully saturated rings. The van der Waals surface area contributed by atoms with E-state index in [2.05, 4.69) is 15.6 Å². The lowest BCUT2D eigenvalue weighted by molar-refractivity contribution is -0.156. The molecule has 1 aromatic heterocycles. The second kappa shape index (κ2) is 8.09. The molecule has 2 aromatic rings. The number of H-pyrrole nitrogens is 1. The monoisotopic (exact) mass is 386 g/mol. The molecule has 1 aromatic carbocycles. The van der Waals surface area contributed by atoms with E-state index < -0.39 is 5.54 Å². The Morgan fingerprint density at radius 2 is 1.86 bits per heavy atom. The highest BCUT2D eigenvalue weighted by Crippen LogP contribution is 2.37. The van der Waals surface area contributed by atoms with E-state index >= 15 is 0 Å². The van der Waals surface area contributed by atoms with E-state index in [1.807, 2.05) is 31.2 Å². The topological polar surface area (TPSA) is 88.2 Å². The number of benzene rings is 1. The summed E-state index contributed by atoms with van der Waals surface area (Å²) in [5, 5.41) is 7.17. The zero-order valence-corrected chi connectivity index (χ0v) is 16.5. The number of carbonyl (C=O) groups is 1. The van der Waals surface area contributed by atoms with Gasteiger partial charge in [-0.3, -0.25) is 4.57 Å². The van der Waals surface area contributed by atoms with E-state index in [0.717, 1.165) is 49.8 Å². The molecule has 1 saturated carbocycles. The number of aromatic amines is 1. The fraction of sp³-hybridized carbons (Fsp3) is 0.619. The number of fused-ring (bicyclic) bond motifs is 1. The van der Waals surface area contributed by atoms with E-state index in [-0.39, 0.29) is 11.7 Å². The van der Waals surface area contributed by atoms with E-state index in [0.29, 0.717) is 31.5 Å². The largest absolute Gasteiger partial charge is 0.464 e. The predicted molar refractivity (Wildman–Crippen MR) is 108 cm³/mol. The number of carbonyl (C=O) groups excluding carboxylic acids is 1. The Kier molecular flexibility index (Phi) is 5.55. The van der Waals surface area contributed by atoms with Crippen LogP contribution in [-0.4, -0.2) is 47.3 Å². The maximum atomic E-state index is 13.1. The molecular weight excluding hydrogens is 356 g/mol. The van der Waals surface area contributed by atoms with Crippen LogP contribution in [0.25, 0.3) is 11.0 Å². The second-order valence-electron chi connectivity index (χ2n) is 8.00. The van der Waals surface area contributed by atoms with Crippen LogP contribution in [0.4, 0.5) is 0 Å². The standard InChI is InChI=1S/C21H30N4O3/c1-2-28-19(26)21(25-18-6-4-3-5-17(18)24-20(25)27)11-7-15(8-12-21)23-16-9-13-22-14-10-16/h3-6,15-16,22-23H,2,7-14H2,1H3,(H,24,27). The Morgan fingerprint density at radius 3 is 2.57 bits per heavy atom. The Morgan fingerprint density at radius 1 is 1.18 bits per heavy atom. The van der Waals surface area contributed by atoms with Crippen LogP contribution < -0.4 is 16.3 Å².